The Hall–Kier alpha value is -2.15. The lowest BCUT2D eigenvalue weighted by Crippen LogP contribution is -2.53. The van der Waals surface area contributed by atoms with Crippen molar-refractivity contribution in [2.24, 2.45) is 0 Å². The van der Waals surface area contributed by atoms with Gasteiger partial charge in [-0.25, -0.2) is 4.98 Å². The van der Waals surface area contributed by atoms with Gasteiger partial charge in [0.25, 0.3) is 0 Å². The van der Waals surface area contributed by atoms with Crippen molar-refractivity contribution in [3.05, 3.63) is 47.6 Å². The molecule has 6 nitrogen and oxygen atoms in total. The topological polar surface area (TPSA) is 72.5 Å². The minimum absolute atomic E-state index is 0.116. The number of hydrogen-bond acceptors (Lipinski definition) is 5. The molecule has 1 fully saturated rings. The Labute approximate surface area is 145 Å². The first-order valence-corrected chi connectivity index (χ1v) is 8.05. The summed E-state index contributed by atoms with van der Waals surface area (Å²) in [5, 5.41) is 6.58. The third kappa shape index (κ3) is 4.23. The zero-order chi connectivity index (χ0) is 16.9. The molecule has 3 rings (SSSR count). The standard InChI is InChI=1S/C17H18ClN3O3/c1-11-16(19-8-9-23-11)17(22)21-13-3-5-14(6-4-13)24-15-7-2-12(18)10-20-15/h2-7,10-11,16,19H,8-9H2,1H3,(H,21,22)/t11-,16+/m1/s1. The molecule has 2 N–H and O–H groups in total. The molecule has 0 saturated carbocycles. The van der Waals surface area contributed by atoms with Gasteiger partial charge in [-0.15, -0.1) is 0 Å². The molecule has 1 aliphatic heterocycles. The highest BCUT2D eigenvalue weighted by Gasteiger charge is 2.28. The van der Waals surface area contributed by atoms with Crippen LogP contribution < -0.4 is 15.4 Å². The van der Waals surface area contributed by atoms with Crippen molar-refractivity contribution in [3.8, 4) is 11.6 Å². The van der Waals surface area contributed by atoms with Gasteiger partial charge in [0, 0.05) is 24.5 Å². The fourth-order valence-electron chi connectivity index (χ4n) is 2.40. The Morgan fingerprint density at radius 1 is 1.33 bits per heavy atom. The van der Waals surface area contributed by atoms with E-state index < -0.39 is 0 Å². The van der Waals surface area contributed by atoms with Crippen LogP contribution in [0.25, 0.3) is 0 Å². The molecule has 2 aromatic rings. The van der Waals surface area contributed by atoms with Crippen molar-refractivity contribution in [2.45, 2.75) is 19.1 Å². The van der Waals surface area contributed by atoms with E-state index in [0.29, 0.717) is 35.5 Å². The van der Waals surface area contributed by atoms with Gasteiger partial charge < -0.3 is 20.1 Å². The summed E-state index contributed by atoms with van der Waals surface area (Å²) in [6.45, 7) is 3.17. The number of pyridine rings is 1. The Balaban J connectivity index is 1.59. The summed E-state index contributed by atoms with van der Waals surface area (Å²) < 4.78 is 11.1. The van der Waals surface area contributed by atoms with E-state index in [0.717, 1.165) is 0 Å². The molecule has 1 aromatic carbocycles. The van der Waals surface area contributed by atoms with Gasteiger partial charge in [0.2, 0.25) is 11.8 Å². The number of morpholine rings is 1. The molecule has 0 radical (unpaired) electrons. The second-order valence-corrected chi connectivity index (χ2v) is 5.87. The van der Waals surface area contributed by atoms with Gasteiger partial charge >= 0.3 is 0 Å². The Bertz CT molecular complexity index is 691. The first-order valence-electron chi connectivity index (χ1n) is 7.67. The van der Waals surface area contributed by atoms with E-state index in [1.165, 1.54) is 6.20 Å². The predicted octanol–water partition coefficient (Wildman–Crippen LogP) is 2.84. The normalized spacial score (nSPS) is 20.4. The van der Waals surface area contributed by atoms with Crippen LogP contribution in [0.15, 0.2) is 42.6 Å². The lowest BCUT2D eigenvalue weighted by atomic mass is 10.1. The Kier molecular flexibility index (Phi) is 5.30. The summed E-state index contributed by atoms with van der Waals surface area (Å²) in [5.74, 6) is 0.958. The van der Waals surface area contributed by atoms with Gasteiger partial charge in [-0.2, -0.15) is 0 Å². The maximum atomic E-state index is 12.3. The van der Waals surface area contributed by atoms with Crippen molar-refractivity contribution >= 4 is 23.2 Å². The molecule has 0 unspecified atom stereocenters. The van der Waals surface area contributed by atoms with Crippen molar-refractivity contribution < 1.29 is 14.3 Å². The number of carbonyl (C=O) groups is 1. The molecule has 1 saturated heterocycles. The van der Waals surface area contributed by atoms with E-state index in [9.17, 15) is 4.79 Å². The van der Waals surface area contributed by atoms with Crippen LogP contribution in [0.4, 0.5) is 5.69 Å². The monoisotopic (exact) mass is 347 g/mol. The largest absolute Gasteiger partial charge is 0.439 e. The molecule has 0 aliphatic carbocycles. The lowest BCUT2D eigenvalue weighted by Gasteiger charge is -2.29. The van der Waals surface area contributed by atoms with Crippen molar-refractivity contribution in [1.82, 2.24) is 10.3 Å². The fraction of sp³-hybridized carbons (Fsp3) is 0.294. The zero-order valence-corrected chi connectivity index (χ0v) is 13.9. The molecule has 24 heavy (non-hydrogen) atoms. The Morgan fingerprint density at radius 2 is 2.12 bits per heavy atom. The molecule has 1 aromatic heterocycles. The highest BCUT2D eigenvalue weighted by molar-refractivity contribution is 6.30. The molecule has 126 valence electrons. The van der Waals surface area contributed by atoms with Gasteiger partial charge in [-0.3, -0.25) is 4.79 Å². The number of hydrogen-bond donors (Lipinski definition) is 2. The van der Waals surface area contributed by atoms with E-state index in [2.05, 4.69) is 15.6 Å². The quantitative estimate of drug-likeness (QED) is 0.889. The molecular formula is C17H18ClN3O3. The summed E-state index contributed by atoms with van der Waals surface area (Å²) >= 11 is 5.79. The van der Waals surface area contributed by atoms with Gasteiger partial charge in [0.15, 0.2) is 0 Å². The zero-order valence-electron chi connectivity index (χ0n) is 13.2. The summed E-state index contributed by atoms with van der Waals surface area (Å²) in [6.07, 6.45) is 1.36. The highest BCUT2D eigenvalue weighted by atomic mass is 35.5. The number of rotatable bonds is 4. The van der Waals surface area contributed by atoms with Gasteiger partial charge in [0.1, 0.15) is 11.8 Å². The molecule has 0 spiro atoms. The predicted molar refractivity (Wildman–Crippen MR) is 91.6 cm³/mol. The number of amides is 1. The maximum Gasteiger partial charge on any atom is 0.244 e. The summed E-state index contributed by atoms with van der Waals surface area (Å²) in [5.41, 5.74) is 0.691. The lowest BCUT2D eigenvalue weighted by molar-refractivity contribution is -0.123. The maximum absolute atomic E-state index is 12.3. The molecule has 1 aliphatic rings. The Morgan fingerprint density at radius 3 is 2.79 bits per heavy atom. The van der Waals surface area contributed by atoms with E-state index >= 15 is 0 Å². The molecule has 0 bridgehead atoms. The number of benzene rings is 1. The van der Waals surface area contributed by atoms with Crippen LogP contribution in [-0.2, 0) is 9.53 Å². The minimum atomic E-state index is -0.354. The SMILES string of the molecule is C[C@H]1OCCN[C@@H]1C(=O)Nc1ccc(Oc2ccc(Cl)cn2)cc1. The van der Waals surface area contributed by atoms with E-state index in [-0.39, 0.29) is 18.1 Å². The van der Waals surface area contributed by atoms with Crippen molar-refractivity contribution in [3.63, 3.8) is 0 Å². The van der Waals surface area contributed by atoms with Crippen molar-refractivity contribution in [2.75, 3.05) is 18.5 Å². The van der Waals surface area contributed by atoms with E-state index in [1.807, 2.05) is 6.92 Å². The number of nitrogens with one attached hydrogen (secondary N) is 2. The van der Waals surface area contributed by atoms with Crippen LogP contribution in [0.2, 0.25) is 5.02 Å². The van der Waals surface area contributed by atoms with Gasteiger partial charge in [-0.1, -0.05) is 11.6 Å². The number of carbonyl (C=O) groups excluding carboxylic acids is 1. The summed E-state index contributed by atoms with van der Waals surface area (Å²) in [4.78, 5) is 16.3. The molecule has 1 amide bonds. The van der Waals surface area contributed by atoms with Crippen LogP contribution >= 0.6 is 11.6 Å². The number of halogens is 1. The first kappa shape index (κ1) is 16.7. The third-order valence-electron chi connectivity index (χ3n) is 3.64. The van der Waals surface area contributed by atoms with Gasteiger partial charge in [-0.05, 0) is 37.3 Å². The van der Waals surface area contributed by atoms with Crippen LogP contribution in [0.3, 0.4) is 0 Å². The summed E-state index contributed by atoms with van der Waals surface area (Å²) in [7, 11) is 0. The van der Waals surface area contributed by atoms with Crippen molar-refractivity contribution in [1.29, 1.82) is 0 Å². The number of nitrogens with zero attached hydrogens (tertiary/aromatic N) is 1. The number of anilines is 1. The average Bonchev–Trinajstić information content (AvgIpc) is 2.59. The minimum Gasteiger partial charge on any atom is -0.439 e. The molecule has 7 heteroatoms. The van der Waals surface area contributed by atoms with Crippen LogP contribution in [-0.4, -0.2) is 36.2 Å². The second kappa shape index (κ2) is 7.61. The summed E-state index contributed by atoms with van der Waals surface area (Å²) in [6, 6.07) is 10.1. The number of ether oxygens (including phenoxy) is 2. The van der Waals surface area contributed by atoms with E-state index in [4.69, 9.17) is 21.1 Å². The molecule has 2 heterocycles. The molecular weight excluding hydrogens is 330 g/mol. The van der Waals surface area contributed by atoms with Crippen LogP contribution in [0.1, 0.15) is 6.92 Å². The van der Waals surface area contributed by atoms with Crippen LogP contribution in [0.5, 0.6) is 11.6 Å². The highest BCUT2D eigenvalue weighted by Crippen LogP contribution is 2.22. The molecule has 2 atom stereocenters. The second-order valence-electron chi connectivity index (χ2n) is 5.44. The van der Waals surface area contributed by atoms with Crippen LogP contribution in [0, 0.1) is 0 Å². The fourth-order valence-corrected chi connectivity index (χ4v) is 2.51. The first-order chi connectivity index (χ1) is 11.6. The number of aromatic nitrogens is 1. The van der Waals surface area contributed by atoms with Gasteiger partial charge in [0.05, 0.1) is 17.7 Å². The average molecular weight is 348 g/mol. The van der Waals surface area contributed by atoms with E-state index in [1.54, 1.807) is 36.4 Å². The smallest absolute Gasteiger partial charge is 0.244 e. The third-order valence-corrected chi connectivity index (χ3v) is 3.87.